The van der Waals surface area contributed by atoms with Crippen molar-refractivity contribution in [2.24, 2.45) is 0 Å². The monoisotopic (exact) mass is 1070 g/mol. The Bertz CT molecular complexity index is 3790. The molecule has 5 heteroatoms. The van der Waals surface area contributed by atoms with Gasteiger partial charge in [0.15, 0.2) is 0 Å². The van der Waals surface area contributed by atoms with E-state index >= 15 is 0 Å². The number of hydrogen-bond donors (Lipinski definition) is 0. The van der Waals surface area contributed by atoms with Crippen molar-refractivity contribution in [1.82, 2.24) is 0 Å². The highest BCUT2D eigenvalue weighted by atomic mass is 16.3. The molecule has 0 amide bonds. The van der Waals surface area contributed by atoms with Crippen LogP contribution in [-0.4, -0.2) is 6.71 Å². The summed E-state index contributed by atoms with van der Waals surface area (Å²) in [5.41, 5.74) is 25.7. The summed E-state index contributed by atoms with van der Waals surface area (Å²) in [5, 5.41) is 1.19. The van der Waals surface area contributed by atoms with Crippen LogP contribution in [0.25, 0.3) is 11.0 Å². The second kappa shape index (κ2) is 18.0. The molecular weight excluding hydrogens is 982 g/mol. The number of benzene rings is 7. The van der Waals surface area contributed by atoms with Gasteiger partial charge >= 0.3 is 0 Å². The van der Waals surface area contributed by atoms with Gasteiger partial charge in [-0.1, -0.05) is 193 Å². The van der Waals surface area contributed by atoms with Crippen molar-refractivity contribution in [2.75, 3.05) is 14.7 Å². The number of anilines is 9. The lowest BCUT2D eigenvalue weighted by atomic mass is 9.35. The number of furan rings is 1. The standard InChI is InChI=1S/C76H90BN3O/c1-69(2,3)47-26-29-52(30-27-47)78(51-24-22-21-23-25-51)55-43-63-66-64(44-55)80(53-31-32-57-58(42-53)74(15,16)35-34-73(57,13)14)67-56-45-59-60(76(19,20)37-36-75(59,17)18)46-65(56)81-68(67)77(66)61-41-48(70(4,5)6)28-33-62(61)79(63)54-39-49(71(7,8)9)38-50(40-54)72(10,11)12/h21-33,38-46H,34-37H2,1-20H3. The molecule has 2 aliphatic carbocycles. The normalized spacial score (nSPS) is 17.8. The Hall–Kier alpha value is -6.46. The summed E-state index contributed by atoms with van der Waals surface area (Å²) < 4.78 is 7.84. The SMILES string of the molecule is CC(C)(C)c1ccc(N(c2ccccc2)c2cc3c4c(c2)N(c2ccc5c(c2)C(C)(C)CCC5(C)C)c2c(oc5cc6c(cc25)C(C)(C)CCC6(C)C)B4c2cc(C(C)(C)C)ccc2N3c2cc(C(C)(C)C)cc(C(C)(C)C)c2)cc1. The second-order valence-electron chi connectivity index (χ2n) is 31.7. The van der Waals surface area contributed by atoms with E-state index in [1.165, 1.54) is 89.3 Å². The first kappa shape index (κ1) is 55.1. The van der Waals surface area contributed by atoms with Crippen LogP contribution in [0.4, 0.5) is 51.2 Å². The van der Waals surface area contributed by atoms with E-state index in [0.29, 0.717) is 0 Å². The number of para-hydroxylation sites is 1. The molecule has 0 unspecified atom stereocenters. The Morgan fingerprint density at radius 2 is 0.901 bits per heavy atom. The van der Waals surface area contributed by atoms with Crippen LogP contribution < -0.4 is 31.3 Å². The average Bonchev–Trinajstić information content (AvgIpc) is 2.39. The molecule has 0 radical (unpaired) electrons. The van der Waals surface area contributed by atoms with E-state index in [1.807, 2.05) is 0 Å². The molecule has 7 aromatic carbocycles. The lowest BCUT2D eigenvalue weighted by molar-refractivity contribution is 0.332. The predicted octanol–water partition coefficient (Wildman–Crippen LogP) is 19.9. The van der Waals surface area contributed by atoms with Gasteiger partial charge in [-0.15, -0.1) is 0 Å². The van der Waals surface area contributed by atoms with Gasteiger partial charge in [0.1, 0.15) is 5.58 Å². The molecule has 2 aliphatic heterocycles. The number of nitrogens with zero attached hydrogens (tertiary/aromatic N) is 3. The van der Waals surface area contributed by atoms with Gasteiger partial charge in [-0.05, 0) is 203 Å². The molecule has 0 N–H and O–H groups in total. The Kier molecular flexibility index (Phi) is 12.3. The first-order valence-electron chi connectivity index (χ1n) is 30.5. The smallest absolute Gasteiger partial charge is 0.297 e. The zero-order valence-electron chi connectivity index (χ0n) is 52.9. The van der Waals surface area contributed by atoms with Gasteiger partial charge in [0.05, 0.1) is 17.0 Å². The fraction of sp³-hybridized carbons (Fsp3) is 0.421. The van der Waals surface area contributed by atoms with Gasteiger partial charge in [-0.25, -0.2) is 0 Å². The molecule has 8 aromatic rings. The summed E-state index contributed by atoms with van der Waals surface area (Å²) in [6, 6.07) is 52.8. The summed E-state index contributed by atoms with van der Waals surface area (Å²) in [6.45, 7) is 47.6. The zero-order valence-corrected chi connectivity index (χ0v) is 52.9. The van der Waals surface area contributed by atoms with Crippen LogP contribution in [-0.2, 0) is 43.3 Å². The molecule has 12 rings (SSSR count). The maximum Gasteiger partial charge on any atom is 0.297 e. The Balaban J connectivity index is 1.27. The Labute approximate surface area is 487 Å². The zero-order chi connectivity index (χ0) is 58.1. The van der Waals surface area contributed by atoms with Crippen molar-refractivity contribution < 1.29 is 4.42 Å². The van der Waals surface area contributed by atoms with Gasteiger partial charge in [0, 0.05) is 45.2 Å². The van der Waals surface area contributed by atoms with Crippen molar-refractivity contribution in [3.05, 3.63) is 178 Å². The first-order chi connectivity index (χ1) is 37.6. The molecule has 3 heterocycles. The molecule has 81 heavy (non-hydrogen) atoms. The average molecular weight is 1070 g/mol. The highest BCUT2D eigenvalue weighted by Crippen LogP contribution is 2.55. The summed E-state index contributed by atoms with van der Waals surface area (Å²) in [6.07, 6.45) is 4.56. The van der Waals surface area contributed by atoms with Crippen molar-refractivity contribution in [3.8, 4) is 0 Å². The fourth-order valence-electron chi connectivity index (χ4n) is 14.1. The van der Waals surface area contributed by atoms with Crippen LogP contribution in [0.2, 0.25) is 0 Å². The van der Waals surface area contributed by atoms with E-state index in [4.69, 9.17) is 4.42 Å². The van der Waals surface area contributed by atoms with Crippen molar-refractivity contribution in [2.45, 2.75) is 207 Å². The number of fused-ring (bicyclic) bond motifs is 8. The molecular formula is C76H90BN3O. The Morgan fingerprint density at radius 3 is 1.46 bits per heavy atom. The molecule has 0 bridgehead atoms. The minimum atomic E-state index is -0.216. The van der Waals surface area contributed by atoms with Gasteiger partial charge in [-0.3, -0.25) is 0 Å². The van der Waals surface area contributed by atoms with E-state index in [1.54, 1.807) is 0 Å². The topological polar surface area (TPSA) is 22.9 Å². The number of rotatable bonds is 5. The van der Waals surface area contributed by atoms with Crippen molar-refractivity contribution >= 4 is 85.5 Å². The highest BCUT2D eigenvalue weighted by molar-refractivity contribution is 7.00. The van der Waals surface area contributed by atoms with Crippen LogP contribution in [0.15, 0.2) is 138 Å². The first-order valence-corrected chi connectivity index (χ1v) is 30.5. The van der Waals surface area contributed by atoms with Gasteiger partial charge in [0.25, 0.3) is 6.71 Å². The highest BCUT2D eigenvalue weighted by Gasteiger charge is 2.49. The molecule has 1 aromatic heterocycles. The third-order valence-corrected chi connectivity index (χ3v) is 19.8. The molecule has 418 valence electrons. The van der Waals surface area contributed by atoms with E-state index in [2.05, 4.69) is 287 Å². The van der Waals surface area contributed by atoms with Crippen LogP contribution in [0, 0.1) is 0 Å². The van der Waals surface area contributed by atoms with Gasteiger partial charge < -0.3 is 19.1 Å². The predicted molar refractivity (Wildman–Crippen MR) is 350 cm³/mol. The third-order valence-electron chi connectivity index (χ3n) is 19.8. The minimum absolute atomic E-state index is 0.00377. The van der Waals surface area contributed by atoms with Crippen molar-refractivity contribution in [3.63, 3.8) is 0 Å². The quantitative estimate of drug-likeness (QED) is 0.160. The summed E-state index contributed by atoms with van der Waals surface area (Å²) in [4.78, 5) is 7.81. The largest absolute Gasteiger partial charge is 0.468 e. The van der Waals surface area contributed by atoms with Crippen LogP contribution in [0.1, 0.15) is 209 Å². The van der Waals surface area contributed by atoms with Gasteiger partial charge in [-0.2, -0.15) is 0 Å². The third kappa shape index (κ3) is 9.09. The molecule has 4 aliphatic rings. The molecule has 0 fully saturated rings. The molecule has 0 saturated heterocycles. The van der Waals surface area contributed by atoms with E-state index < -0.39 is 0 Å². The maximum atomic E-state index is 7.84. The Morgan fingerprint density at radius 1 is 0.407 bits per heavy atom. The minimum Gasteiger partial charge on any atom is -0.468 e. The van der Waals surface area contributed by atoms with E-state index in [9.17, 15) is 0 Å². The van der Waals surface area contributed by atoms with Crippen LogP contribution in [0.5, 0.6) is 0 Å². The molecule has 4 nitrogen and oxygen atoms in total. The molecule has 0 spiro atoms. The summed E-state index contributed by atoms with van der Waals surface area (Å²) >= 11 is 0. The summed E-state index contributed by atoms with van der Waals surface area (Å²) in [7, 11) is 0. The lowest BCUT2D eigenvalue weighted by Gasteiger charge is -2.45. The lowest BCUT2D eigenvalue weighted by Crippen LogP contribution is -2.61. The van der Waals surface area contributed by atoms with Crippen LogP contribution in [0.3, 0.4) is 0 Å². The fourth-order valence-corrected chi connectivity index (χ4v) is 14.1. The van der Waals surface area contributed by atoms with E-state index in [0.717, 1.165) is 59.7 Å². The maximum absolute atomic E-state index is 7.84. The molecule has 0 atom stereocenters. The van der Waals surface area contributed by atoms with Crippen LogP contribution >= 0.6 is 0 Å². The summed E-state index contributed by atoms with van der Waals surface area (Å²) in [5.74, 6) is 0. The van der Waals surface area contributed by atoms with Crippen molar-refractivity contribution in [1.29, 1.82) is 0 Å². The van der Waals surface area contributed by atoms with Gasteiger partial charge in [0.2, 0.25) is 0 Å². The molecule has 0 saturated carbocycles. The van der Waals surface area contributed by atoms with E-state index in [-0.39, 0.29) is 50.0 Å². The second-order valence-corrected chi connectivity index (χ2v) is 31.7. The number of hydrogen-bond acceptors (Lipinski definition) is 4.